The average molecular weight is 252 g/mol. The van der Waals surface area contributed by atoms with Gasteiger partial charge in [0.25, 0.3) is 0 Å². The minimum absolute atomic E-state index is 0. The predicted molar refractivity (Wildman–Crippen MR) is 52.9 cm³/mol. The highest BCUT2D eigenvalue weighted by Crippen LogP contribution is 2.06. The van der Waals surface area contributed by atoms with E-state index in [0.29, 0.717) is 0 Å². The molecule has 0 saturated heterocycles. The first-order valence-corrected chi connectivity index (χ1v) is 4.64. The highest BCUT2D eigenvalue weighted by Gasteiger charge is 2.04. The van der Waals surface area contributed by atoms with Crippen molar-refractivity contribution < 1.29 is 8.42 Å². The van der Waals surface area contributed by atoms with Gasteiger partial charge in [0.2, 0.25) is 10.0 Å². The van der Waals surface area contributed by atoms with Crippen LogP contribution in [0.3, 0.4) is 0 Å². The van der Waals surface area contributed by atoms with Crippen LogP contribution in [0.15, 0.2) is 29.2 Å². The lowest BCUT2D eigenvalue weighted by molar-refractivity contribution is 0.598. The van der Waals surface area contributed by atoms with Crippen LogP contribution >= 0.6 is 17.0 Å². The fraction of sp³-hybridized carbons (Fsp3) is 0.143. The summed E-state index contributed by atoms with van der Waals surface area (Å²) >= 11 is 0. The number of aryl methyl sites for hydroxylation is 1. The zero-order valence-corrected chi connectivity index (χ0v) is 9.05. The van der Waals surface area contributed by atoms with E-state index in [1.165, 1.54) is 12.1 Å². The van der Waals surface area contributed by atoms with E-state index in [-0.39, 0.29) is 21.9 Å². The van der Waals surface area contributed by atoms with E-state index < -0.39 is 10.0 Å². The predicted octanol–water partition coefficient (Wildman–Crippen LogP) is 1.22. The van der Waals surface area contributed by atoms with E-state index in [9.17, 15) is 8.42 Å². The smallest absolute Gasteiger partial charge is 0.225 e. The lowest BCUT2D eigenvalue weighted by Crippen LogP contribution is -2.11. The summed E-state index contributed by atoms with van der Waals surface area (Å²) in [5.74, 6) is 0. The van der Waals surface area contributed by atoms with Gasteiger partial charge in [-0.25, -0.2) is 13.6 Å². The highest BCUT2D eigenvalue weighted by molar-refractivity contribution is 8.93. The molecule has 0 radical (unpaired) electrons. The molecule has 0 aliphatic carbocycles. The van der Waals surface area contributed by atoms with Gasteiger partial charge in [0.15, 0.2) is 0 Å². The average Bonchev–Trinajstić information content (AvgIpc) is 1.86. The molecule has 0 saturated carbocycles. The first-order chi connectivity index (χ1) is 5.00. The number of nitrogens with two attached hydrogens (primary N) is 1. The van der Waals surface area contributed by atoms with E-state index in [2.05, 4.69) is 0 Å². The second kappa shape index (κ2) is 4.02. The maximum Gasteiger partial charge on any atom is 0.238 e. The summed E-state index contributed by atoms with van der Waals surface area (Å²) in [6, 6.07) is 6.40. The monoisotopic (exact) mass is 251 g/mol. The molecule has 0 bridgehead atoms. The van der Waals surface area contributed by atoms with E-state index in [1.54, 1.807) is 12.1 Å². The largest absolute Gasteiger partial charge is 0.238 e. The molecular formula is C7H10BrNO2S. The summed E-state index contributed by atoms with van der Waals surface area (Å²) in [4.78, 5) is 0.156. The van der Waals surface area contributed by atoms with Crippen molar-refractivity contribution in [2.75, 3.05) is 0 Å². The first kappa shape index (κ1) is 11.6. The fourth-order valence-corrected chi connectivity index (χ4v) is 1.24. The third-order valence-corrected chi connectivity index (χ3v) is 2.28. The lowest BCUT2D eigenvalue weighted by atomic mass is 10.2. The Morgan fingerprint density at radius 3 is 1.92 bits per heavy atom. The Balaban J connectivity index is 0.00000121. The van der Waals surface area contributed by atoms with Crippen LogP contribution in [0.1, 0.15) is 5.56 Å². The van der Waals surface area contributed by atoms with Crippen molar-refractivity contribution in [3.63, 3.8) is 0 Å². The zero-order valence-electron chi connectivity index (χ0n) is 6.52. The molecule has 0 atom stereocenters. The Morgan fingerprint density at radius 1 is 1.17 bits per heavy atom. The van der Waals surface area contributed by atoms with Crippen molar-refractivity contribution in [2.24, 2.45) is 5.14 Å². The number of hydrogen-bond donors (Lipinski definition) is 1. The maximum atomic E-state index is 10.7. The molecule has 2 N–H and O–H groups in total. The molecule has 1 rings (SSSR count). The molecule has 0 amide bonds. The van der Waals surface area contributed by atoms with Gasteiger partial charge >= 0.3 is 0 Å². The molecule has 5 heteroatoms. The van der Waals surface area contributed by atoms with Crippen LogP contribution in [0.25, 0.3) is 0 Å². The number of rotatable bonds is 1. The minimum Gasteiger partial charge on any atom is -0.225 e. The van der Waals surface area contributed by atoms with Crippen LogP contribution in [0.5, 0.6) is 0 Å². The molecule has 12 heavy (non-hydrogen) atoms. The Kier molecular flexibility index (Phi) is 3.89. The summed E-state index contributed by atoms with van der Waals surface area (Å²) in [5, 5.41) is 4.88. The zero-order chi connectivity index (χ0) is 8.48. The summed E-state index contributed by atoms with van der Waals surface area (Å²) in [6.45, 7) is 1.88. The van der Waals surface area contributed by atoms with E-state index in [1.807, 2.05) is 6.92 Å². The maximum absolute atomic E-state index is 10.7. The van der Waals surface area contributed by atoms with Gasteiger partial charge in [0, 0.05) is 0 Å². The molecule has 0 aliphatic rings. The summed E-state index contributed by atoms with van der Waals surface area (Å²) < 4.78 is 21.4. The molecule has 1 aromatic carbocycles. The van der Waals surface area contributed by atoms with Crippen LogP contribution in [0.2, 0.25) is 0 Å². The van der Waals surface area contributed by atoms with Crippen LogP contribution in [0, 0.1) is 6.92 Å². The van der Waals surface area contributed by atoms with Crippen LogP contribution in [-0.2, 0) is 10.0 Å². The second-order valence-electron chi connectivity index (χ2n) is 2.36. The third-order valence-electron chi connectivity index (χ3n) is 1.35. The molecule has 0 unspecified atom stereocenters. The Morgan fingerprint density at radius 2 is 1.58 bits per heavy atom. The van der Waals surface area contributed by atoms with Gasteiger partial charge in [0.05, 0.1) is 4.90 Å². The van der Waals surface area contributed by atoms with Gasteiger partial charge in [-0.1, -0.05) is 17.7 Å². The summed E-state index contributed by atoms with van der Waals surface area (Å²) in [6.07, 6.45) is 0. The van der Waals surface area contributed by atoms with Crippen LogP contribution in [-0.4, -0.2) is 8.42 Å². The minimum atomic E-state index is -3.52. The van der Waals surface area contributed by atoms with Crippen molar-refractivity contribution in [2.45, 2.75) is 11.8 Å². The Labute approximate surface area is 82.4 Å². The van der Waals surface area contributed by atoms with Crippen molar-refractivity contribution in [3.8, 4) is 0 Å². The fourth-order valence-electron chi connectivity index (χ4n) is 0.728. The Hall–Kier alpha value is -0.390. The molecule has 0 fully saturated rings. The van der Waals surface area contributed by atoms with Crippen LogP contribution < -0.4 is 5.14 Å². The molecule has 0 spiro atoms. The van der Waals surface area contributed by atoms with Crippen molar-refractivity contribution in [1.82, 2.24) is 0 Å². The van der Waals surface area contributed by atoms with Gasteiger partial charge in [-0.2, -0.15) is 0 Å². The van der Waals surface area contributed by atoms with Crippen LogP contribution in [0.4, 0.5) is 0 Å². The highest BCUT2D eigenvalue weighted by atomic mass is 79.9. The van der Waals surface area contributed by atoms with Crippen molar-refractivity contribution in [3.05, 3.63) is 29.8 Å². The normalized spacial score (nSPS) is 10.5. The standard InChI is InChI=1S/C7H9NO2S.BrH/c1-6-2-4-7(5-3-6)11(8,9)10;/h2-5H,1H3,(H2,8,9,10);1H. The molecule has 68 valence electrons. The second-order valence-corrected chi connectivity index (χ2v) is 3.92. The molecule has 0 aromatic heterocycles. The topological polar surface area (TPSA) is 60.2 Å². The number of halogens is 1. The number of benzene rings is 1. The quantitative estimate of drug-likeness (QED) is 0.816. The molecular weight excluding hydrogens is 242 g/mol. The van der Waals surface area contributed by atoms with Gasteiger partial charge in [-0.15, -0.1) is 17.0 Å². The van der Waals surface area contributed by atoms with E-state index in [4.69, 9.17) is 5.14 Å². The molecule has 0 heterocycles. The van der Waals surface area contributed by atoms with Crippen molar-refractivity contribution >= 4 is 27.0 Å². The number of sulfonamides is 1. The molecule has 3 nitrogen and oxygen atoms in total. The molecule has 0 aliphatic heterocycles. The van der Waals surface area contributed by atoms with Gasteiger partial charge in [0.1, 0.15) is 0 Å². The van der Waals surface area contributed by atoms with E-state index in [0.717, 1.165) is 5.56 Å². The lowest BCUT2D eigenvalue weighted by Gasteiger charge is -1.96. The van der Waals surface area contributed by atoms with Gasteiger partial charge in [-0.05, 0) is 19.1 Å². The van der Waals surface area contributed by atoms with E-state index >= 15 is 0 Å². The van der Waals surface area contributed by atoms with Gasteiger partial charge in [-0.3, -0.25) is 0 Å². The summed E-state index contributed by atoms with van der Waals surface area (Å²) in [7, 11) is -3.52. The van der Waals surface area contributed by atoms with Crippen molar-refractivity contribution in [1.29, 1.82) is 0 Å². The number of primary sulfonamides is 1. The third kappa shape index (κ3) is 2.92. The first-order valence-electron chi connectivity index (χ1n) is 3.09. The SMILES string of the molecule is Br.Cc1ccc(S(N)(=O)=O)cc1. The molecule has 1 aromatic rings. The van der Waals surface area contributed by atoms with Gasteiger partial charge < -0.3 is 0 Å². The summed E-state index contributed by atoms with van der Waals surface area (Å²) in [5.41, 5.74) is 1.01. The Bertz CT molecular complexity index is 344. The number of hydrogen-bond acceptors (Lipinski definition) is 2.